The molecule has 1 aromatic heterocycles. The summed E-state index contributed by atoms with van der Waals surface area (Å²) < 4.78 is 5.54. The van der Waals surface area contributed by atoms with E-state index >= 15 is 0 Å². The zero-order chi connectivity index (χ0) is 20.3. The highest BCUT2D eigenvalue weighted by Crippen LogP contribution is 2.18. The van der Waals surface area contributed by atoms with Crippen LogP contribution in [-0.2, 0) is 17.8 Å². The minimum absolute atomic E-state index is 0. The summed E-state index contributed by atoms with van der Waals surface area (Å²) in [5.74, 6) is 1.43. The van der Waals surface area contributed by atoms with Gasteiger partial charge in [-0.3, -0.25) is 9.78 Å². The lowest BCUT2D eigenvalue weighted by atomic mass is 10.1. The predicted molar refractivity (Wildman–Crippen MR) is 129 cm³/mol. The van der Waals surface area contributed by atoms with E-state index in [2.05, 4.69) is 25.9 Å². The molecule has 1 heterocycles. The van der Waals surface area contributed by atoms with Crippen LogP contribution >= 0.6 is 24.0 Å². The molecule has 1 fully saturated rings. The molecule has 2 aromatic rings. The summed E-state index contributed by atoms with van der Waals surface area (Å²) in [5.41, 5.74) is 2.12. The molecule has 0 saturated heterocycles. The molecule has 0 bridgehead atoms. The number of aliphatic imine (C=N–C) groups is 1. The molecule has 0 radical (unpaired) electrons. The molecule has 1 aliphatic rings. The van der Waals surface area contributed by atoms with Crippen LogP contribution < -0.4 is 20.7 Å². The Kier molecular flexibility index (Phi) is 10.4. The Morgan fingerprint density at radius 3 is 2.63 bits per heavy atom. The zero-order valence-corrected chi connectivity index (χ0v) is 19.6. The van der Waals surface area contributed by atoms with Gasteiger partial charge in [0.25, 0.3) is 5.91 Å². The smallest absolute Gasteiger partial charge is 0.258 e. The summed E-state index contributed by atoms with van der Waals surface area (Å²) in [6.45, 7) is 4.21. The van der Waals surface area contributed by atoms with Crippen LogP contribution in [0.4, 0.5) is 0 Å². The van der Waals surface area contributed by atoms with Crippen molar-refractivity contribution in [3.8, 4) is 5.75 Å². The lowest BCUT2D eigenvalue weighted by molar-refractivity contribution is -0.123. The predicted octanol–water partition coefficient (Wildman–Crippen LogP) is 2.65. The first kappa shape index (κ1) is 23.9. The van der Waals surface area contributed by atoms with Crippen molar-refractivity contribution in [2.45, 2.75) is 38.8 Å². The number of benzene rings is 1. The van der Waals surface area contributed by atoms with Gasteiger partial charge < -0.3 is 20.7 Å². The third kappa shape index (κ3) is 8.98. The molecule has 1 saturated carbocycles. The summed E-state index contributed by atoms with van der Waals surface area (Å²) in [6.07, 6.45) is 4.80. The van der Waals surface area contributed by atoms with Gasteiger partial charge in [-0.2, -0.15) is 0 Å². The van der Waals surface area contributed by atoms with Crippen LogP contribution in [-0.4, -0.2) is 42.6 Å². The van der Waals surface area contributed by atoms with Gasteiger partial charge in [0.05, 0.1) is 12.2 Å². The minimum atomic E-state index is -0.0540. The molecule has 30 heavy (non-hydrogen) atoms. The number of guanidine groups is 1. The summed E-state index contributed by atoms with van der Waals surface area (Å²) in [6, 6.07) is 14.0. The van der Waals surface area contributed by atoms with Crippen LogP contribution in [0.5, 0.6) is 5.75 Å². The Morgan fingerprint density at radius 2 is 1.97 bits per heavy atom. The molecule has 1 amide bonds. The quantitative estimate of drug-likeness (QED) is 0.253. The van der Waals surface area contributed by atoms with Gasteiger partial charge in [0.1, 0.15) is 5.75 Å². The molecule has 7 nitrogen and oxygen atoms in total. The Labute approximate surface area is 195 Å². The molecule has 3 rings (SSSR count). The van der Waals surface area contributed by atoms with Crippen molar-refractivity contribution in [2.75, 3.05) is 19.7 Å². The van der Waals surface area contributed by atoms with Crippen molar-refractivity contribution >= 4 is 35.8 Å². The minimum Gasteiger partial charge on any atom is -0.484 e. The second kappa shape index (κ2) is 13.0. The topological polar surface area (TPSA) is 87.6 Å². The van der Waals surface area contributed by atoms with Gasteiger partial charge in [-0.15, -0.1) is 24.0 Å². The van der Waals surface area contributed by atoms with Crippen LogP contribution in [0.3, 0.4) is 0 Å². The Morgan fingerprint density at radius 1 is 1.17 bits per heavy atom. The molecule has 1 aromatic carbocycles. The fourth-order valence-electron chi connectivity index (χ4n) is 2.72. The molecule has 8 heteroatoms. The van der Waals surface area contributed by atoms with E-state index in [4.69, 9.17) is 4.74 Å². The van der Waals surface area contributed by atoms with Crippen molar-refractivity contribution in [3.05, 3.63) is 59.9 Å². The van der Waals surface area contributed by atoms with Crippen LogP contribution in [0.2, 0.25) is 0 Å². The van der Waals surface area contributed by atoms with Crippen LogP contribution in [0.15, 0.2) is 53.7 Å². The van der Waals surface area contributed by atoms with Gasteiger partial charge in [-0.05, 0) is 56.0 Å². The average molecular weight is 523 g/mol. The van der Waals surface area contributed by atoms with E-state index in [0.29, 0.717) is 18.3 Å². The highest BCUT2D eigenvalue weighted by atomic mass is 127. The van der Waals surface area contributed by atoms with Gasteiger partial charge in [0, 0.05) is 25.3 Å². The van der Waals surface area contributed by atoms with Crippen molar-refractivity contribution in [1.29, 1.82) is 0 Å². The first-order valence-corrected chi connectivity index (χ1v) is 10.2. The molecular weight excluding hydrogens is 493 g/mol. The van der Waals surface area contributed by atoms with E-state index in [9.17, 15) is 4.79 Å². The van der Waals surface area contributed by atoms with E-state index < -0.39 is 0 Å². The van der Waals surface area contributed by atoms with Crippen molar-refractivity contribution in [3.63, 3.8) is 0 Å². The Balaban J connectivity index is 0.00000320. The largest absolute Gasteiger partial charge is 0.484 e. The highest BCUT2D eigenvalue weighted by molar-refractivity contribution is 14.0. The van der Waals surface area contributed by atoms with E-state index in [0.717, 1.165) is 44.0 Å². The number of nitrogens with one attached hydrogen (secondary N) is 3. The Bertz CT molecular complexity index is 795. The van der Waals surface area contributed by atoms with E-state index in [1.807, 2.05) is 49.4 Å². The number of rotatable bonds is 10. The lowest BCUT2D eigenvalue weighted by Crippen LogP contribution is -2.38. The summed E-state index contributed by atoms with van der Waals surface area (Å²) >= 11 is 0. The maximum atomic E-state index is 11.7. The van der Waals surface area contributed by atoms with Crippen LogP contribution in [0.25, 0.3) is 0 Å². The van der Waals surface area contributed by atoms with Crippen molar-refractivity contribution in [1.82, 2.24) is 20.9 Å². The maximum absolute atomic E-state index is 11.7. The molecule has 3 N–H and O–H groups in total. The van der Waals surface area contributed by atoms with Crippen molar-refractivity contribution in [2.24, 2.45) is 4.99 Å². The first-order chi connectivity index (χ1) is 14.2. The average Bonchev–Trinajstić information content (AvgIpc) is 3.56. The lowest BCUT2D eigenvalue weighted by Gasteiger charge is -2.11. The molecule has 1 aliphatic carbocycles. The number of carbonyl (C=O) groups excluding carboxylic acids is 1. The summed E-state index contributed by atoms with van der Waals surface area (Å²) in [7, 11) is 0. The third-order valence-corrected chi connectivity index (χ3v) is 4.41. The molecule has 162 valence electrons. The molecular formula is C22H30IN5O2. The van der Waals surface area contributed by atoms with E-state index in [1.165, 1.54) is 5.56 Å². The monoisotopic (exact) mass is 523 g/mol. The first-order valence-electron chi connectivity index (χ1n) is 10.2. The summed E-state index contributed by atoms with van der Waals surface area (Å²) in [4.78, 5) is 20.5. The van der Waals surface area contributed by atoms with Crippen LogP contribution in [0.1, 0.15) is 31.0 Å². The third-order valence-electron chi connectivity index (χ3n) is 4.41. The van der Waals surface area contributed by atoms with E-state index in [-0.39, 0.29) is 36.5 Å². The number of halogens is 1. The second-order valence-corrected chi connectivity index (χ2v) is 6.97. The van der Waals surface area contributed by atoms with Gasteiger partial charge >= 0.3 is 0 Å². The number of ether oxygens (including phenoxy) is 1. The van der Waals surface area contributed by atoms with E-state index in [1.54, 1.807) is 6.20 Å². The second-order valence-electron chi connectivity index (χ2n) is 6.97. The maximum Gasteiger partial charge on any atom is 0.258 e. The Hall–Kier alpha value is -2.36. The number of nitrogens with zero attached hydrogens (tertiary/aromatic N) is 2. The number of amides is 1. The van der Waals surface area contributed by atoms with Gasteiger partial charge in [-0.25, -0.2) is 4.99 Å². The standard InChI is InChI=1S/C22H29N5O2.HI/c1-2-23-22(26-15-19-5-3-4-13-24-19)25-14-12-17-6-10-20(11-7-17)29-16-21(28)27-18-8-9-18;/h3-7,10-11,13,18H,2,8-9,12,14-16H2,1H3,(H,27,28)(H2,23,25,26);1H. The molecule has 0 atom stereocenters. The molecule has 0 unspecified atom stereocenters. The number of hydrogen-bond donors (Lipinski definition) is 3. The van der Waals surface area contributed by atoms with Gasteiger partial charge in [0.2, 0.25) is 0 Å². The fraction of sp³-hybridized carbons (Fsp3) is 0.409. The zero-order valence-electron chi connectivity index (χ0n) is 17.3. The number of pyridine rings is 1. The van der Waals surface area contributed by atoms with Crippen molar-refractivity contribution < 1.29 is 9.53 Å². The number of carbonyl (C=O) groups is 1. The normalized spacial score (nSPS) is 13.2. The SMILES string of the molecule is CCNC(=NCc1ccccn1)NCCc1ccc(OCC(=O)NC2CC2)cc1.I. The van der Waals surface area contributed by atoms with Crippen LogP contribution in [0, 0.1) is 0 Å². The summed E-state index contributed by atoms with van der Waals surface area (Å²) in [5, 5.41) is 9.50. The number of aromatic nitrogens is 1. The molecule has 0 aliphatic heterocycles. The number of hydrogen-bond acceptors (Lipinski definition) is 4. The van der Waals surface area contributed by atoms with Gasteiger partial charge in [0.15, 0.2) is 12.6 Å². The molecule has 0 spiro atoms. The van der Waals surface area contributed by atoms with Gasteiger partial charge in [-0.1, -0.05) is 18.2 Å². The fourth-order valence-corrected chi connectivity index (χ4v) is 2.72. The highest BCUT2D eigenvalue weighted by Gasteiger charge is 2.23.